The highest BCUT2D eigenvalue weighted by Gasteiger charge is 2.33. The molecule has 6 nitrogen and oxygen atoms in total. The van der Waals surface area contributed by atoms with E-state index in [1.54, 1.807) is 6.92 Å². The maximum Gasteiger partial charge on any atom is 0.345 e. The number of hydrogen-bond donors (Lipinski definition) is 2. The molecule has 1 aliphatic heterocycles. The van der Waals surface area contributed by atoms with Crippen LogP contribution in [0.1, 0.15) is 29.4 Å². The van der Waals surface area contributed by atoms with Crippen LogP contribution >= 0.6 is 11.3 Å². The molecule has 0 radical (unpaired) electrons. The minimum absolute atomic E-state index is 0.00502. The maximum atomic E-state index is 12.2. The van der Waals surface area contributed by atoms with Crippen molar-refractivity contribution in [3.8, 4) is 0 Å². The molecule has 8 heteroatoms. The Labute approximate surface area is 115 Å². The highest BCUT2D eigenvalue weighted by Crippen LogP contribution is 2.24. The van der Waals surface area contributed by atoms with Crippen molar-refractivity contribution in [3.63, 3.8) is 0 Å². The number of sulfonamides is 1. The molecule has 0 amide bonds. The lowest BCUT2D eigenvalue weighted by molar-refractivity contribution is 0.0386. The van der Waals surface area contributed by atoms with Crippen LogP contribution in [0.3, 0.4) is 0 Å². The number of nitrogens with one attached hydrogen (secondary N) is 1. The average molecular weight is 305 g/mol. The normalized spacial score (nSPS) is 24.3. The Morgan fingerprint density at radius 2 is 2.32 bits per heavy atom. The highest BCUT2D eigenvalue weighted by molar-refractivity contribution is 7.89. The molecular weight excluding hydrogens is 290 g/mol. The zero-order valence-electron chi connectivity index (χ0n) is 10.4. The molecule has 1 unspecified atom stereocenters. The first-order valence-electron chi connectivity index (χ1n) is 5.76. The number of carbonyl (C=O) groups is 1. The van der Waals surface area contributed by atoms with Gasteiger partial charge in [0.15, 0.2) is 0 Å². The molecule has 1 atom stereocenters. The highest BCUT2D eigenvalue weighted by atomic mass is 32.2. The maximum absolute atomic E-state index is 12.2. The van der Waals surface area contributed by atoms with Crippen LogP contribution in [0.5, 0.6) is 0 Å². The van der Waals surface area contributed by atoms with Gasteiger partial charge in [-0.15, -0.1) is 11.3 Å². The van der Waals surface area contributed by atoms with Crippen molar-refractivity contribution in [2.45, 2.75) is 30.2 Å². The monoisotopic (exact) mass is 305 g/mol. The molecule has 1 saturated heterocycles. The number of ether oxygens (including phenoxy) is 1. The summed E-state index contributed by atoms with van der Waals surface area (Å²) < 4.78 is 32.3. The van der Waals surface area contributed by atoms with E-state index in [1.165, 1.54) is 11.4 Å². The van der Waals surface area contributed by atoms with Gasteiger partial charge in [0, 0.05) is 12.0 Å². The Kier molecular flexibility index (Phi) is 3.95. The number of carboxylic acids is 1. The largest absolute Gasteiger partial charge is 0.477 e. The molecule has 2 N–H and O–H groups in total. The van der Waals surface area contributed by atoms with Crippen LogP contribution in [-0.2, 0) is 14.8 Å². The van der Waals surface area contributed by atoms with Gasteiger partial charge < -0.3 is 9.84 Å². The third-order valence-corrected chi connectivity index (χ3v) is 5.60. The third kappa shape index (κ3) is 3.33. The lowest BCUT2D eigenvalue weighted by Crippen LogP contribution is -2.51. The van der Waals surface area contributed by atoms with Crippen LogP contribution in [-0.4, -0.2) is 38.2 Å². The van der Waals surface area contributed by atoms with Gasteiger partial charge in [0.25, 0.3) is 0 Å². The minimum atomic E-state index is -3.71. The first-order chi connectivity index (χ1) is 8.82. The van der Waals surface area contributed by atoms with Gasteiger partial charge in [-0.1, -0.05) is 0 Å². The second-order valence-corrected chi connectivity index (χ2v) is 7.37. The summed E-state index contributed by atoms with van der Waals surface area (Å²) in [6, 6.07) is 1.17. The average Bonchev–Trinajstić information content (AvgIpc) is 2.78. The number of rotatable bonds is 4. The summed E-state index contributed by atoms with van der Waals surface area (Å²) >= 11 is 0.895. The molecule has 19 heavy (non-hydrogen) atoms. The molecule has 0 aromatic carbocycles. The SMILES string of the molecule is CC1(NS(=O)(=O)c2csc(C(=O)O)c2)CCCOC1. The summed E-state index contributed by atoms with van der Waals surface area (Å²) in [5.74, 6) is -1.13. The Morgan fingerprint density at radius 3 is 2.84 bits per heavy atom. The molecule has 1 aromatic rings. The van der Waals surface area contributed by atoms with Gasteiger partial charge in [0.05, 0.1) is 17.0 Å². The second-order valence-electron chi connectivity index (χ2n) is 4.77. The van der Waals surface area contributed by atoms with Crippen molar-refractivity contribution in [2.75, 3.05) is 13.2 Å². The van der Waals surface area contributed by atoms with Crippen molar-refractivity contribution in [2.24, 2.45) is 0 Å². The van der Waals surface area contributed by atoms with Gasteiger partial charge >= 0.3 is 5.97 Å². The fourth-order valence-corrected chi connectivity index (χ4v) is 4.50. The number of thiophene rings is 1. The van der Waals surface area contributed by atoms with Gasteiger partial charge in [-0.3, -0.25) is 0 Å². The van der Waals surface area contributed by atoms with Gasteiger partial charge in [-0.25, -0.2) is 17.9 Å². The van der Waals surface area contributed by atoms with Crippen LogP contribution in [0.2, 0.25) is 0 Å². The van der Waals surface area contributed by atoms with Crippen LogP contribution in [0.4, 0.5) is 0 Å². The predicted octanol–water partition coefficient (Wildman–Crippen LogP) is 1.29. The fraction of sp³-hybridized carbons (Fsp3) is 0.545. The van der Waals surface area contributed by atoms with E-state index in [-0.39, 0.29) is 9.77 Å². The molecule has 106 valence electrons. The van der Waals surface area contributed by atoms with Crippen LogP contribution in [0, 0.1) is 0 Å². The quantitative estimate of drug-likeness (QED) is 0.874. The van der Waals surface area contributed by atoms with E-state index in [1.807, 2.05) is 0 Å². The lowest BCUT2D eigenvalue weighted by atomic mass is 9.97. The number of carboxylic acid groups (broad SMARTS) is 1. The van der Waals surface area contributed by atoms with Crippen molar-refractivity contribution in [3.05, 3.63) is 16.3 Å². The first-order valence-corrected chi connectivity index (χ1v) is 8.12. The van der Waals surface area contributed by atoms with E-state index in [2.05, 4.69) is 4.72 Å². The topological polar surface area (TPSA) is 92.7 Å². The Morgan fingerprint density at radius 1 is 1.58 bits per heavy atom. The van der Waals surface area contributed by atoms with E-state index in [0.717, 1.165) is 17.8 Å². The summed E-state index contributed by atoms with van der Waals surface area (Å²) in [5.41, 5.74) is -0.637. The third-order valence-electron chi connectivity index (χ3n) is 2.92. The van der Waals surface area contributed by atoms with Crippen LogP contribution in [0.25, 0.3) is 0 Å². The molecular formula is C11H15NO5S2. The molecule has 1 aliphatic rings. The Hall–Kier alpha value is -0.960. The fourth-order valence-electron chi connectivity index (χ4n) is 1.97. The van der Waals surface area contributed by atoms with E-state index in [9.17, 15) is 13.2 Å². The smallest absolute Gasteiger partial charge is 0.345 e. The van der Waals surface area contributed by atoms with Crippen molar-refractivity contribution < 1.29 is 23.1 Å². The van der Waals surface area contributed by atoms with Gasteiger partial charge in [-0.2, -0.15) is 0 Å². The van der Waals surface area contributed by atoms with Crippen molar-refractivity contribution in [1.29, 1.82) is 0 Å². The zero-order valence-corrected chi connectivity index (χ0v) is 12.0. The molecule has 0 saturated carbocycles. The molecule has 0 bridgehead atoms. The summed E-state index contributed by atoms with van der Waals surface area (Å²) in [4.78, 5) is 10.8. The van der Waals surface area contributed by atoms with Crippen molar-refractivity contribution >= 4 is 27.3 Å². The van der Waals surface area contributed by atoms with E-state index < -0.39 is 21.5 Å². The van der Waals surface area contributed by atoms with E-state index in [0.29, 0.717) is 19.6 Å². The Balaban J connectivity index is 2.19. The summed E-state index contributed by atoms with van der Waals surface area (Å²) in [5, 5.41) is 10.1. The Bertz CT molecular complexity index is 572. The summed E-state index contributed by atoms with van der Waals surface area (Å²) in [6.45, 7) is 2.75. The molecule has 0 aliphatic carbocycles. The number of aromatic carboxylic acids is 1. The minimum Gasteiger partial charge on any atom is -0.477 e. The molecule has 1 fully saturated rings. The van der Waals surface area contributed by atoms with Crippen molar-refractivity contribution in [1.82, 2.24) is 4.72 Å². The van der Waals surface area contributed by atoms with E-state index in [4.69, 9.17) is 9.84 Å². The number of hydrogen-bond acceptors (Lipinski definition) is 5. The predicted molar refractivity (Wildman–Crippen MR) is 70.1 cm³/mol. The molecule has 1 aromatic heterocycles. The standard InChI is InChI=1S/C11H15NO5S2/c1-11(3-2-4-17-7-11)12-19(15,16)8-5-9(10(13)14)18-6-8/h5-6,12H,2-4,7H2,1H3,(H,13,14). The van der Waals surface area contributed by atoms with E-state index >= 15 is 0 Å². The van der Waals surface area contributed by atoms with Crippen LogP contribution < -0.4 is 4.72 Å². The summed E-state index contributed by atoms with van der Waals surface area (Å²) in [6.07, 6.45) is 1.49. The zero-order chi connectivity index (χ0) is 14.1. The van der Waals surface area contributed by atoms with Gasteiger partial charge in [0.2, 0.25) is 10.0 Å². The second kappa shape index (κ2) is 5.20. The van der Waals surface area contributed by atoms with Crippen LogP contribution in [0.15, 0.2) is 16.3 Å². The summed E-state index contributed by atoms with van der Waals surface area (Å²) in [7, 11) is -3.71. The first kappa shape index (κ1) is 14.4. The molecule has 2 rings (SSSR count). The van der Waals surface area contributed by atoms with Gasteiger partial charge in [0.1, 0.15) is 4.88 Å². The molecule has 2 heterocycles. The van der Waals surface area contributed by atoms with Gasteiger partial charge in [-0.05, 0) is 25.8 Å². The molecule has 0 spiro atoms. The lowest BCUT2D eigenvalue weighted by Gasteiger charge is -2.33.